The Morgan fingerprint density at radius 2 is 1.69 bits per heavy atom. The molecule has 1 atom stereocenters. The molecule has 0 amide bonds. The largest absolute Gasteiger partial charge is 0.768 e. The van der Waals surface area contributed by atoms with E-state index < -0.39 is 33.6 Å². The van der Waals surface area contributed by atoms with Crippen molar-refractivity contribution < 1.29 is 30.7 Å². The predicted molar refractivity (Wildman–Crippen MR) is 43.6 cm³/mol. The Hall–Kier alpha value is -1.02. The summed E-state index contributed by atoms with van der Waals surface area (Å²) >= 11 is -2.85. The lowest BCUT2D eigenvalue weighted by Gasteiger charge is -2.20. The van der Waals surface area contributed by atoms with Crippen molar-refractivity contribution in [2.75, 3.05) is 0 Å². The highest BCUT2D eigenvalue weighted by atomic mass is 32.2. The summed E-state index contributed by atoms with van der Waals surface area (Å²) in [7, 11) is 0. The Bertz CT molecular complexity index is 415. The zero-order valence-electron chi connectivity index (χ0n) is 7.42. The number of rotatable bonds is 2. The number of alkyl halides is 5. The average molecular weight is 259 g/mol. The molecule has 0 fully saturated rings. The molecule has 8 heteroatoms. The van der Waals surface area contributed by atoms with Crippen LogP contribution in [0.1, 0.15) is 5.56 Å². The second-order valence-corrected chi connectivity index (χ2v) is 3.78. The van der Waals surface area contributed by atoms with E-state index in [2.05, 4.69) is 0 Å². The lowest BCUT2D eigenvalue weighted by Crippen LogP contribution is -2.33. The molecule has 1 aromatic carbocycles. The SMILES string of the molecule is O=S([O-])c1cccc(C(F)(F)C(F)(F)F)c1. The number of hydrogen-bond acceptors (Lipinski definition) is 2. The molecule has 0 aromatic heterocycles. The molecule has 2 nitrogen and oxygen atoms in total. The van der Waals surface area contributed by atoms with Crippen LogP contribution in [0.5, 0.6) is 0 Å². The molecule has 0 saturated carbocycles. The van der Waals surface area contributed by atoms with Crippen molar-refractivity contribution in [3.63, 3.8) is 0 Å². The molecule has 0 aliphatic heterocycles. The van der Waals surface area contributed by atoms with Gasteiger partial charge in [-0.15, -0.1) is 0 Å². The Balaban J connectivity index is 3.24. The standard InChI is InChI=1S/C8H5F5O2S/c9-7(10,8(11,12)13)5-2-1-3-6(4-5)16(14)15/h1-4H,(H,14,15)/p-1. The first kappa shape index (κ1) is 13.0. The molecule has 0 heterocycles. The van der Waals surface area contributed by atoms with E-state index in [0.717, 1.165) is 12.1 Å². The van der Waals surface area contributed by atoms with Gasteiger partial charge in [-0.05, 0) is 23.2 Å². The zero-order chi connectivity index (χ0) is 12.6. The van der Waals surface area contributed by atoms with Crippen molar-refractivity contribution in [3.8, 4) is 0 Å². The van der Waals surface area contributed by atoms with E-state index in [1.165, 1.54) is 0 Å². The molecular weight excluding hydrogens is 255 g/mol. The molecular formula is C8H4F5O2S-. The molecule has 1 unspecified atom stereocenters. The lowest BCUT2D eigenvalue weighted by molar-refractivity contribution is -0.289. The van der Waals surface area contributed by atoms with Crippen molar-refractivity contribution in [3.05, 3.63) is 29.8 Å². The van der Waals surface area contributed by atoms with Gasteiger partial charge < -0.3 is 4.55 Å². The summed E-state index contributed by atoms with van der Waals surface area (Å²) in [6.07, 6.45) is -5.75. The Morgan fingerprint density at radius 1 is 1.12 bits per heavy atom. The van der Waals surface area contributed by atoms with Crippen LogP contribution in [0.3, 0.4) is 0 Å². The third-order valence-electron chi connectivity index (χ3n) is 1.75. The highest BCUT2D eigenvalue weighted by molar-refractivity contribution is 7.79. The maximum Gasteiger partial charge on any atom is 0.458 e. The first-order chi connectivity index (χ1) is 7.16. The monoisotopic (exact) mass is 259 g/mol. The van der Waals surface area contributed by atoms with E-state index in [4.69, 9.17) is 0 Å². The Kier molecular flexibility index (Phi) is 3.34. The van der Waals surface area contributed by atoms with E-state index in [1.54, 1.807) is 0 Å². The second kappa shape index (κ2) is 4.10. The minimum atomic E-state index is -5.75. The van der Waals surface area contributed by atoms with Gasteiger partial charge in [0.15, 0.2) is 0 Å². The molecule has 16 heavy (non-hydrogen) atoms. The minimum absolute atomic E-state index is 0.288. The molecule has 90 valence electrons. The van der Waals surface area contributed by atoms with Crippen LogP contribution in [0, 0.1) is 0 Å². The van der Waals surface area contributed by atoms with Crippen LogP contribution in [0.15, 0.2) is 29.2 Å². The van der Waals surface area contributed by atoms with Gasteiger partial charge in [0.05, 0.1) is 0 Å². The van der Waals surface area contributed by atoms with Gasteiger partial charge in [0.25, 0.3) is 0 Å². The number of halogens is 5. The van der Waals surface area contributed by atoms with E-state index in [1.807, 2.05) is 0 Å². The lowest BCUT2D eigenvalue weighted by atomic mass is 10.1. The van der Waals surface area contributed by atoms with Gasteiger partial charge in [-0.3, -0.25) is 4.21 Å². The van der Waals surface area contributed by atoms with Crippen LogP contribution in [0.4, 0.5) is 22.0 Å². The zero-order valence-corrected chi connectivity index (χ0v) is 8.24. The van der Waals surface area contributed by atoms with Crippen LogP contribution in [-0.4, -0.2) is 14.9 Å². The molecule has 0 radical (unpaired) electrons. The topological polar surface area (TPSA) is 40.1 Å². The molecule has 1 rings (SSSR count). The molecule has 0 aliphatic carbocycles. The van der Waals surface area contributed by atoms with Crippen molar-refractivity contribution >= 4 is 11.1 Å². The maximum atomic E-state index is 12.8. The van der Waals surface area contributed by atoms with Gasteiger partial charge in [0.1, 0.15) is 0 Å². The van der Waals surface area contributed by atoms with E-state index in [9.17, 15) is 30.7 Å². The van der Waals surface area contributed by atoms with E-state index in [0.29, 0.717) is 6.07 Å². The summed E-state index contributed by atoms with van der Waals surface area (Å²) in [6, 6.07) is 2.54. The van der Waals surface area contributed by atoms with Crippen molar-refractivity contribution in [2.24, 2.45) is 0 Å². The summed E-state index contributed by atoms with van der Waals surface area (Å²) in [5.41, 5.74) is -1.40. The molecule has 1 aromatic rings. The molecule has 0 aliphatic rings. The van der Waals surface area contributed by atoms with E-state index >= 15 is 0 Å². The Morgan fingerprint density at radius 3 is 2.12 bits per heavy atom. The molecule has 0 N–H and O–H groups in total. The third kappa shape index (κ3) is 2.38. The van der Waals surface area contributed by atoms with Crippen LogP contribution < -0.4 is 0 Å². The normalized spacial score (nSPS) is 14.9. The predicted octanol–water partition coefficient (Wildman–Crippen LogP) is 2.58. The van der Waals surface area contributed by atoms with Crippen molar-refractivity contribution in [1.82, 2.24) is 0 Å². The van der Waals surface area contributed by atoms with Gasteiger partial charge in [0, 0.05) is 10.5 Å². The minimum Gasteiger partial charge on any atom is -0.768 e. The van der Waals surface area contributed by atoms with Gasteiger partial charge in [-0.1, -0.05) is 12.1 Å². The molecule has 0 spiro atoms. The van der Waals surface area contributed by atoms with Gasteiger partial charge in [-0.25, -0.2) is 0 Å². The second-order valence-electron chi connectivity index (χ2n) is 2.83. The van der Waals surface area contributed by atoms with Crippen LogP contribution in [0.2, 0.25) is 0 Å². The summed E-state index contributed by atoms with van der Waals surface area (Å²) in [6.45, 7) is 0. The highest BCUT2D eigenvalue weighted by Crippen LogP contribution is 2.43. The highest BCUT2D eigenvalue weighted by Gasteiger charge is 2.58. The third-order valence-corrected chi connectivity index (χ3v) is 2.38. The molecule has 0 saturated heterocycles. The summed E-state index contributed by atoms with van der Waals surface area (Å²) in [4.78, 5) is -0.624. The summed E-state index contributed by atoms with van der Waals surface area (Å²) < 4.78 is 82.2. The number of benzene rings is 1. The quantitative estimate of drug-likeness (QED) is 0.605. The van der Waals surface area contributed by atoms with Crippen LogP contribution in [-0.2, 0) is 17.0 Å². The number of hydrogen-bond donors (Lipinski definition) is 0. The van der Waals surface area contributed by atoms with Crippen molar-refractivity contribution in [1.29, 1.82) is 0 Å². The first-order valence-corrected chi connectivity index (χ1v) is 4.88. The van der Waals surface area contributed by atoms with Crippen LogP contribution in [0.25, 0.3) is 0 Å². The Labute approximate surface area is 89.4 Å². The summed E-state index contributed by atoms with van der Waals surface area (Å²) in [5.74, 6) is -5.07. The summed E-state index contributed by atoms with van der Waals surface area (Å²) in [5, 5.41) is 0. The fourth-order valence-corrected chi connectivity index (χ4v) is 1.37. The first-order valence-electron chi connectivity index (χ1n) is 3.80. The average Bonchev–Trinajstić information content (AvgIpc) is 2.16. The maximum absolute atomic E-state index is 12.8. The fraction of sp³-hybridized carbons (Fsp3) is 0.250. The van der Waals surface area contributed by atoms with Gasteiger partial charge >= 0.3 is 12.1 Å². The molecule has 0 bridgehead atoms. The fourth-order valence-electron chi connectivity index (χ4n) is 0.959. The van der Waals surface area contributed by atoms with Gasteiger partial charge in [-0.2, -0.15) is 22.0 Å². The van der Waals surface area contributed by atoms with Crippen LogP contribution >= 0.6 is 0 Å². The van der Waals surface area contributed by atoms with Crippen molar-refractivity contribution in [2.45, 2.75) is 17.0 Å². The van der Waals surface area contributed by atoms with Gasteiger partial charge in [0.2, 0.25) is 0 Å². The van der Waals surface area contributed by atoms with E-state index in [-0.39, 0.29) is 6.07 Å². The smallest absolute Gasteiger partial charge is 0.458 e.